The minimum absolute atomic E-state index is 0.0801. The van der Waals surface area contributed by atoms with Crippen LogP contribution >= 0.6 is 0 Å². The molecule has 8 nitrogen and oxygen atoms in total. The van der Waals surface area contributed by atoms with Crippen LogP contribution in [0, 0.1) is 5.41 Å². The molecule has 1 aromatic heterocycles. The number of hydrogen-bond donors (Lipinski definition) is 3. The summed E-state index contributed by atoms with van der Waals surface area (Å²) >= 11 is 0. The van der Waals surface area contributed by atoms with Crippen LogP contribution < -0.4 is 20.1 Å². The van der Waals surface area contributed by atoms with Gasteiger partial charge in [-0.15, -0.1) is 13.2 Å². The van der Waals surface area contributed by atoms with E-state index in [9.17, 15) is 27.9 Å². The quantitative estimate of drug-likeness (QED) is 0.353. The molecule has 3 N–H and O–H groups in total. The third kappa shape index (κ3) is 6.23. The fourth-order valence-electron chi connectivity index (χ4n) is 3.68. The summed E-state index contributed by atoms with van der Waals surface area (Å²) in [5, 5.41) is 14.4. The summed E-state index contributed by atoms with van der Waals surface area (Å²) in [6, 6.07) is 14.6. The van der Waals surface area contributed by atoms with Crippen molar-refractivity contribution in [2.75, 3.05) is 17.2 Å². The van der Waals surface area contributed by atoms with Crippen LogP contribution in [0.2, 0.25) is 0 Å². The predicted octanol–water partition coefficient (Wildman–Crippen LogP) is 5.92. The average molecular weight is 501 g/mol. The van der Waals surface area contributed by atoms with Crippen LogP contribution in [0.4, 0.5) is 29.3 Å². The molecule has 36 heavy (non-hydrogen) atoms. The van der Waals surface area contributed by atoms with Crippen LogP contribution in [0.1, 0.15) is 19.3 Å². The monoisotopic (exact) mass is 501 g/mol. The lowest BCUT2D eigenvalue weighted by atomic mass is 9.69. The Bertz CT molecular complexity index is 1230. The van der Waals surface area contributed by atoms with Gasteiger partial charge in [0.25, 0.3) is 0 Å². The van der Waals surface area contributed by atoms with Gasteiger partial charge in [0.1, 0.15) is 17.8 Å². The van der Waals surface area contributed by atoms with E-state index in [0.29, 0.717) is 24.4 Å². The van der Waals surface area contributed by atoms with E-state index in [4.69, 9.17) is 4.74 Å². The highest BCUT2D eigenvalue weighted by atomic mass is 19.4. The second-order valence-electron chi connectivity index (χ2n) is 8.34. The van der Waals surface area contributed by atoms with Crippen molar-refractivity contribution in [1.29, 1.82) is 0 Å². The maximum Gasteiger partial charge on any atom is 0.573 e. The Kier molecular flexibility index (Phi) is 7.00. The summed E-state index contributed by atoms with van der Waals surface area (Å²) in [7, 11) is 0. The Morgan fingerprint density at radius 3 is 2.25 bits per heavy atom. The Hall–Kier alpha value is -4.28. The third-order valence-electron chi connectivity index (χ3n) is 5.80. The van der Waals surface area contributed by atoms with Crippen molar-refractivity contribution in [2.24, 2.45) is 5.41 Å². The van der Waals surface area contributed by atoms with Gasteiger partial charge in [0, 0.05) is 35.3 Å². The maximum atomic E-state index is 12.4. The fraction of sp³-hybridized carbons (Fsp3) is 0.240. The molecule has 11 heteroatoms. The van der Waals surface area contributed by atoms with Gasteiger partial charge in [0.2, 0.25) is 5.88 Å². The molecule has 0 radical (unpaired) electrons. The lowest BCUT2D eigenvalue weighted by molar-refractivity contribution is -0.274. The van der Waals surface area contributed by atoms with Gasteiger partial charge < -0.3 is 25.2 Å². The van der Waals surface area contributed by atoms with Gasteiger partial charge in [-0.25, -0.2) is 9.78 Å². The van der Waals surface area contributed by atoms with E-state index in [1.54, 1.807) is 42.6 Å². The Labute approximate surface area is 204 Å². The smallest absolute Gasteiger partial charge is 0.481 e. The molecule has 1 fully saturated rings. The Morgan fingerprint density at radius 2 is 1.67 bits per heavy atom. The number of rotatable bonds is 8. The molecule has 1 aliphatic rings. The number of carboxylic acids is 1. The first-order valence-electron chi connectivity index (χ1n) is 11.0. The molecule has 3 aromatic rings. The van der Waals surface area contributed by atoms with Crippen molar-refractivity contribution in [1.82, 2.24) is 4.98 Å². The van der Waals surface area contributed by atoms with Gasteiger partial charge in [0.15, 0.2) is 0 Å². The predicted molar refractivity (Wildman–Crippen MR) is 125 cm³/mol. The van der Waals surface area contributed by atoms with Gasteiger partial charge in [-0.2, -0.15) is 0 Å². The number of halogens is 3. The zero-order valence-corrected chi connectivity index (χ0v) is 18.8. The SMILES string of the molecule is O=C(Nc1ccc(-c2ccc(OCC3(C(=O)O)CCC3)nc2)cc1)Nc1cccc(OC(F)(F)F)c1. The van der Waals surface area contributed by atoms with E-state index >= 15 is 0 Å². The van der Waals surface area contributed by atoms with E-state index in [-0.39, 0.29) is 12.3 Å². The molecular weight excluding hydrogens is 479 g/mol. The van der Waals surface area contributed by atoms with Gasteiger partial charge in [-0.05, 0) is 48.7 Å². The number of urea groups is 1. The van der Waals surface area contributed by atoms with E-state index in [1.807, 2.05) is 0 Å². The number of carboxylic acid groups (broad SMARTS) is 1. The van der Waals surface area contributed by atoms with Crippen LogP contribution in [0.3, 0.4) is 0 Å². The lowest BCUT2D eigenvalue weighted by Crippen LogP contribution is -2.43. The molecule has 2 amide bonds. The van der Waals surface area contributed by atoms with Crippen LogP contribution in [-0.4, -0.2) is 35.1 Å². The molecule has 0 atom stereocenters. The number of amides is 2. The summed E-state index contributed by atoms with van der Waals surface area (Å²) in [5.41, 5.74) is 1.38. The van der Waals surface area contributed by atoms with E-state index < -0.39 is 29.5 Å². The number of carbonyl (C=O) groups is 2. The Morgan fingerprint density at radius 1 is 0.972 bits per heavy atom. The van der Waals surface area contributed by atoms with Crippen LogP contribution in [-0.2, 0) is 4.79 Å². The average Bonchev–Trinajstić information content (AvgIpc) is 2.78. The summed E-state index contributed by atoms with van der Waals surface area (Å²) in [4.78, 5) is 27.9. The summed E-state index contributed by atoms with van der Waals surface area (Å²) in [5.74, 6) is -0.957. The first-order valence-corrected chi connectivity index (χ1v) is 11.0. The van der Waals surface area contributed by atoms with Crippen LogP contribution in [0.25, 0.3) is 11.1 Å². The van der Waals surface area contributed by atoms with Gasteiger partial charge in [-0.1, -0.05) is 24.6 Å². The number of nitrogens with zero attached hydrogens (tertiary/aromatic N) is 1. The summed E-state index contributed by atoms with van der Waals surface area (Å²) in [6.07, 6.45) is -1.16. The van der Waals surface area contributed by atoms with E-state index in [2.05, 4.69) is 20.4 Å². The molecule has 4 rings (SSSR count). The number of anilines is 2. The Balaban J connectivity index is 1.31. The number of pyridine rings is 1. The van der Waals surface area contributed by atoms with E-state index in [1.165, 1.54) is 12.1 Å². The molecule has 2 aromatic carbocycles. The second kappa shape index (κ2) is 10.1. The molecule has 188 valence electrons. The van der Waals surface area contributed by atoms with Crippen molar-refractivity contribution < 1.29 is 37.3 Å². The fourth-order valence-corrected chi connectivity index (χ4v) is 3.68. The van der Waals surface area contributed by atoms with Gasteiger partial charge >= 0.3 is 18.4 Å². The molecule has 0 saturated heterocycles. The minimum atomic E-state index is -4.83. The number of aromatic nitrogens is 1. The van der Waals surface area contributed by atoms with Crippen molar-refractivity contribution in [2.45, 2.75) is 25.6 Å². The zero-order chi connectivity index (χ0) is 25.8. The molecular formula is C25H22F3N3O5. The number of nitrogens with one attached hydrogen (secondary N) is 2. The molecule has 0 aliphatic heterocycles. The van der Waals surface area contributed by atoms with Gasteiger partial charge in [0.05, 0.1) is 0 Å². The van der Waals surface area contributed by atoms with Crippen molar-refractivity contribution in [3.8, 4) is 22.8 Å². The number of benzene rings is 2. The number of carbonyl (C=O) groups excluding carboxylic acids is 1. The number of aliphatic carboxylic acids is 1. The van der Waals surface area contributed by atoms with Crippen LogP contribution in [0.15, 0.2) is 66.9 Å². The highest BCUT2D eigenvalue weighted by Gasteiger charge is 2.45. The van der Waals surface area contributed by atoms with Crippen molar-refractivity contribution in [3.63, 3.8) is 0 Å². The van der Waals surface area contributed by atoms with E-state index in [0.717, 1.165) is 29.7 Å². The maximum absolute atomic E-state index is 12.4. The highest BCUT2D eigenvalue weighted by Crippen LogP contribution is 2.41. The van der Waals surface area contributed by atoms with Crippen molar-refractivity contribution in [3.05, 3.63) is 66.9 Å². The standard InChI is InChI=1S/C25H22F3N3O5/c26-25(27,28)36-20-4-1-3-19(13-20)31-23(34)30-18-8-5-16(6-9-18)17-7-10-21(29-14-17)35-15-24(22(32)33)11-2-12-24/h1,3-10,13-14H,2,11-12,15H2,(H,32,33)(H2,30,31,34). The minimum Gasteiger partial charge on any atom is -0.481 e. The largest absolute Gasteiger partial charge is 0.573 e. The third-order valence-corrected chi connectivity index (χ3v) is 5.80. The number of alkyl halides is 3. The van der Waals surface area contributed by atoms with Gasteiger partial charge in [-0.3, -0.25) is 4.79 Å². The summed E-state index contributed by atoms with van der Waals surface area (Å²) < 4.78 is 46.5. The highest BCUT2D eigenvalue weighted by molar-refractivity contribution is 6.00. The lowest BCUT2D eigenvalue weighted by Gasteiger charge is -2.36. The first-order chi connectivity index (χ1) is 17.1. The topological polar surface area (TPSA) is 110 Å². The van der Waals surface area contributed by atoms with Crippen molar-refractivity contribution >= 4 is 23.4 Å². The molecule has 1 heterocycles. The summed E-state index contributed by atoms with van der Waals surface area (Å²) in [6.45, 7) is 0.0801. The molecule has 0 unspecified atom stereocenters. The molecule has 0 spiro atoms. The van der Waals surface area contributed by atoms with Crippen LogP contribution in [0.5, 0.6) is 11.6 Å². The molecule has 1 aliphatic carbocycles. The zero-order valence-electron chi connectivity index (χ0n) is 18.8. The number of hydrogen-bond acceptors (Lipinski definition) is 5. The normalized spacial score (nSPS) is 14.3. The second-order valence-corrected chi connectivity index (χ2v) is 8.34. The number of ether oxygens (including phenoxy) is 2. The molecule has 0 bridgehead atoms. The first kappa shape index (κ1) is 24.8. The molecule has 1 saturated carbocycles.